The molecule has 0 heterocycles. The maximum absolute atomic E-state index is 13.2. The van der Waals surface area contributed by atoms with Gasteiger partial charge in [-0.2, -0.15) is 0 Å². The van der Waals surface area contributed by atoms with Crippen LogP contribution in [0.4, 0.5) is 4.39 Å². The Hall–Kier alpha value is -1.47. The lowest BCUT2D eigenvalue weighted by molar-refractivity contribution is -0.137. The summed E-state index contributed by atoms with van der Waals surface area (Å²) in [7, 11) is -3.79. The summed E-state index contributed by atoms with van der Waals surface area (Å²) in [4.78, 5) is 10.1. The van der Waals surface area contributed by atoms with Crippen molar-refractivity contribution in [2.75, 3.05) is 6.54 Å². The van der Waals surface area contributed by atoms with Crippen LogP contribution < -0.4 is 4.72 Å². The average Bonchev–Trinajstić information content (AvgIpc) is 2.28. The van der Waals surface area contributed by atoms with Gasteiger partial charge in [0.2, 0.25) is 10.0 Å². The minimum atomic E-state index is -3.79. The molecule has 0 amide bonds. The summed E-state index contributed by atoms with van der Waals surface area (Å²) in [6.07, 6.45) is 0.0631. The molecule has 0 aliphatic heterocycles. The maximum Gasteiger partial charge on any atom is 0.303 e. The van der Waals surface area contributed by atoms with E-state index in [0.717, 1.165) is 0 Å². The van der Waals surface area contributed by atoms with E-state index in [0.29, 0.717) is 0 Å². The quantitative estimate of drug-likeness (QED) is 0.766. The largest absolute Gasteiger partial charge is 0.481 e. The molecule has 5 nitrogen and oxygen atoms in total. The number of rotatable bonds is 6. The predicted molar refractivity (Wildman–Crippen MR) is 63.2 cm³/mol. The molecule has 0 unspecified atom stereocenters. The van der Waals surface area contributed by atoms with Gasteiger partial charge in [-0.25, -0.2) is 17.5 Å². The van der Waals surface area contributed by atoms with Gasteiger partial charge in [-0.1, -0.05) is 6.07 Å². The second-order valence-electron chi connectivity index (χ2n) is 3.76. The highest BCUT2D eigenvalue weighted by Gasteiger charge is 2.17. The topological polar surface area (TPSA) is 83.5 Å². The highest BCUT2D eigenvalue weighted by molar-refractivity contribution is 7.89. The fourth-order valence-electron chi connectivity index (χ4n) is 1.40. The monoisotopic (exact) mass is 275 g/mol. The number of nitrogens with one attached hydrogen (secondary N) is 1. The minimum absolute atomic E-state index is 0.00455. The molecule has 1 rings (SSSR count). The number of hydrogen-bond donors (Lipinski definition) is 2. The normalized spacial score (nSPS) is 11.4. The summed E-state index contributed by atoms with van der Waals surface area (Å²) in [6, 6.07) is 3.80. The number of hydrogen-bond acceptors (Lipinski definition) is 3. The lowest BCUT2D eigenvalue weighted by atomic mass is 10.2. The van der Waals surface area contributed by atoms with Gasteiger partial charge in [0.15, 0.2) is 0 Å². The maximum atomic E-state index is 13.2. The van der Waals surface area contributed by atoms with Crippen LogP contribution in [0.15, 0.2) is 23.1 Å². The molecular weight excluding hydrogens is 261 g/mol. The van der Waals surface area contributed by atoms with Crippen molar-refractivity contribution < 1.29 is 22.7 Å². The summed E-state index contributed by atoms with van der Waals surface area (Å²) < 4.78 is 39.1. The SMILES string of the molecule is Cc1c(F)cccc1S(=O)(=O)NCCCC(=O)O. The van der Waals surface area contributed by atoms with Gasteiger partial charge in [0.05, 0.1) is 4.90 Å². The van der Waals surface area contributed by atoms with E-state index in [2.05, 4.69) is 4.72 Å². The molecule has 0 aliphatic rings. The van der Waals surface area contributed by atoms with E-state index in [1.165, 1.54) is 25.1 Å². The zero-order valence-electron chi connectivity index (χ0n) is 9.81. The molecule has 0 fully saturated rings. The van der Waals surface area contributed by atoms with E-state index in [-0.39, 0.29) is 29.8 Å². The van der Waals surface area contributed by atoms with E-state index in [9.17, 15) is 17.6 Å². The molecule has 0 spiro atoms. The second-order valence-corrected chi connectivity index (χ2v) is 5.49. The molecule has 0 aliphatic carbocycles. The van der Waals surface area contributed by atoms with Crippen molar-refractivity contribution in [3.63, 3.8) is 0 Å². The lowest BCUT2D eigenvalue weighted by Gasteiger charge is -2.09. The number of carboxylic acids is 1. The first-order valence-corrected chi connectivity index (χ1v) is 6.79. The Bertz CT molecular complexity index is 542. The number of aliphatic carboxylic acids is 1. The second kappa shape index (κ2) is 5.92. The summed E-state index contributed by atoms with van der Waals surface area (Å²) in [5.41, 5.74) is 0.0447. The smallest absolute Gasteiger partial charge is 0.303 e. The average molecular weight is 275 g/mol. The predicted octanol–water partition coefficient (Wildman–Crippen LogP) is 1.28. The van der Waals surface area contributed by atoms with Gasteiger partial charge in [0.1, 0.15) is 5.82 Å². The van der Waals surface area contributed by atoms with Crippen LogP contribution in [0.3, 0.4) is 0 Å². The van der Waals surface area contributed by atoms with Gasteiger partial charge >= 0.3 is 5.97 Å². The number of carbonyl (C=O) groups is 1. The van der Waals surface area contributed by atoms with Gasteiger partial charge in [-0.05, 0) is 25.5 Å². The van der Waals surface area contributed by atoms with Gasteiger partial charge in [-0.15, -0.1) is 0 Å². The minimum Gasteiger partial charge on any atom is -0.481 e. The molecule has 1 aromatic rings. The number of benzene rings is 1. The van der Waals surface area contributed by atoms with Crippen molar-refractivity contribution in [1.82, 2.24) is 4.72 Å². The molecule has 0 radical (unpaired) electrons. The first-order chi connectivity index (χ1) is 8.34. The summed E-state index contributed by atoms with van der Waals surface area (Å²) >= 11 is 0. The van der Waals surface area contributed by atoms with Crippen molar-refractivity contribution in [2.45, 2.75) is 24.7 Å². The van der Waals surface area contributed by atoms with E-state index in [4.69, 9.17) is 5.11 Å². The molecule has 0 aromatic heterocycles. The van der Waals surface area contributed by atoms with Crippen LogP contribution in [0, 0.1) is 12.7 Å². The highest BCUT2D eigenvalue weighted by Crippen LogP contribution is 2.17. The Balaban J connectivity index is 2.75. The van der Waals surface area contributed by atoms with Gasteiger partial charge in [-0.3, -0.25) is 4.79 Å². The van der Waals surface area contributed by atoms with Crippen LogP contribution >= 0.6 is 0 Å². The standard InChI is InChI=1S/C11H14FNO4S/c1-8-9(12)4-2-5-10(8)18(16,17)13-7-3-6-11(14)15/h2,4-5,13H,3,6-7H2,1H3,(H,14,15). The van der Waals surface area contributed by atoms with Crippen molar-refractivity contribution in [1.29, 1.82) is 0 Å². The van der Waals surface area contributed by atoms with Crippen LogP contribution in [0.2, 0.25) is 0 Å². The third-order valence-corrected chi connectivity index (χ3v) is 3.97. The number of halogens is 1. The summed E-state index contributed by atoms with van der Waals surface area (Å²) in [5.74, 6) is -1.58. The Morgan fingerprint density at radius 2 is 2.11 bits per heavy atom. The third-order valence-electron chi connectivity index (χ3n) is 2.37. The van der Waals surface area contributed by atoms with Crippen LogP contribution in [-0.2, 0) is 14.8 Å². The molecule has 18 heavy (non-hydrogen) atoms. The Morgan fingerprint density at radius 1 is 1.44 bits per heavy atom. The molecule has 2 N–H and O–H groups in total. The van der Waals surface area contributed by atoms with Crippen molar-refractivity contribution in [2.24, 2.45) is 0 Å². The zero-order valence-corrected chi connectivity index (χ0v) is 10.6. The molecule has 100 valence electrons. The Labute approximate surface area is 105 Å². The molecule has 0 saturated heterocycles. The van der Waals surface area contributed by atoms with Crippen molar-refractivity contribution in [3.8, 4) is 0 Å². The first kappa shape index (κ1) is 14.6. The Kier molecular flexibility index (Phi) is 4.80. The molecule has 1 aromatic carbocycles. The van der Waals surface area contributed by atoms with E-state index in [1.54, 1.807) is 0 Å². The highest BCUT2D eigenvalue weighted by atomic mass is 32.2. The lowest BCUT2D eigenvalue weighted by Crippen LogP contribution is -2.26. The summed E-state index contributed by atoms with van der Waals surface area (Å²) in [6.45, 7) is 1.38. The molecule has 0 saturated carbocycles. The zero-order chi connectivity index (χ0) is 13.8. The Morgan fingerprint density at radius 3 is 2.72 bits per heavy atom. The first-order valence-electron chi connectivity index (χ1n) is 5.31. The number of sulfonamides is 1. The fourth-order valence-corrected chi connectivity index (χ4v) is 2.73. The van der Waals surface area contributed by atoms with Gasteiger partial charge in [0, 0.05) is 18.5 Å². The van der Waals surface area contributed by atoms with E-state index < -0.39 is 21.8 Å². The van der Waals surface area contributed by atoms with E-state index in [1.807, 2.05) is 0 Å². The van der Waals surface area contributed by atoms with Gasteiger partial charge in [0.25, 0.3) is 0 Å². The molecule has 0 atom stereocenters. The molecule has 7 heteroatoms. The molecular formula is C11H14FNO4S. The summed E-state index contributed by atoms with van der Waals surface area (Å²) in [5, 5.41) is 8.41. The van der Waals surface area contributed by atoms with E-state index >= 15 is 0 Å². The van der Waals surface area contributed by atoms with Gasteiger partial charge < -0.3 is 5.11 Å². The fraction of sp³-hybridized carbons (Fsp3) is 0.364. The van der Waals surface area contributed by atoms with Crippen molar-refractivity contribution >= 4 is 16.0 Å². The van der Waals surface area contributed by atoms with Crippen molar-refractivity contribution in [3.05, 3.63) is 29.6 Å². The van der Waals surface area contributed by atoms with Crippen LogP contribution in [0.5, 0.6) is 0 Å². The third kappa shape index (κ3) is 3.78. The molecule has 0 bridgehead atoms. The van der Waals surface area contributed by atoms with Crippen LogP contribution in [0.1, 0.15) is 18.4 Å². The van der Waals surface area contributed by atoms with Crippen LogP contribution in [-0.4, -0.2) is 26.0 Å². The number of carboxylic acid groups (broad SMARTS) is 1. The van der Waals surface area contributed by atoms with Crippen LogP contribution in [0.25, 0.3) is 0 Å².